The molecule has 0 N–H and O–H groups in total. The van der Waals surface area contributed by atoms with Crippen LogP contribution in [-0.2, 0) is 0 Å². The van der Waals surface area contributed by atoms with Gasteiger partial charge in [0.25, 0.3) is 0 Å². The van der Waals surface area contributed by atoms with Crippen LogP contribution in [0.15, 0.2) is 30.3 Å². The molecule has 0 spiro atoms. The summed E-state index contributed by atoms with van der Waals surface area (Å²) in [5.41, 5.74) is 1.89. The van der Waals surface area contributed by atoms with Crippen molar-refractivity contribution < 1.29 is 0 Å². The van der Waals surface area contributed by atoms with Crippen molar-refractivity contribution in [3.63, 3.8) is 0 Å². The predicted molar refractivity (Wildman–Crippen MR) is 97.1 cm³/mol. The molecule has 2 rings (SSSR count). The molecule has 0 amide bonds. The molecule has 1 fully saturated rings. The first-order valence-electron chi connectivity index (χ1n) is 9.04. The molecule has 22 heavy (non-hydrogen) atoms. The molecule has 0 heterocycles. The van der Waals surface area contributed by atoms with E-state index in [0.717, 1.165) is 6.04 Å². The van der Waals surface area contributed by atoms with E-state index in [4.69, 9.17) is 0 Å². The minimum absolute atomic E-state index is 0.190. The third kappa shape index (κ3) is 4.13. The van der Waals surface area contributed by atoms with Crippen LogP contribution in [0.2, 0.25) is 0 Å². The fraction of sp³-hybridized carbons (Fsp3) is 0.714. The third-order valence-corrected chi connectivity index (χ3v) is 4.96. The van der Waals surface area contributed by atoms with Gasteiger partial charge in [-0.05, 0) is 44.6 Å². The van der Waals surface area contributed by atoms with Gasteiger partial charge in [-0.2, -0.15) is 0 Å². The van der Waals surface area contributed by atoms with Gasteiger partial charge >= 0.3 is 0 Å². The molecule has 1 aromatic rings. The van der Waals surface area contributed by atoms with Crippen molar-refractivity contribution in [3.8, 4) is 0 Å². The lowest BCUT2D eigenvalue weighted by Crippen LogP contribution is -2.53. The van der Waals surface area contributed by atoms with Gasteiger partial charge < -0.3 is 0 Å². The maximum absolute atomic E-state index is 2.83. The minimum atomic E-state index is 0.190. The van der Waals surface area contributed by atoms with Crippen LogP contribution in [0.4, 0.5) is 0 Å². The summed E-state index contributed by atoms with van der Waals surface area (Å²) in [6, 6.07) is 12.3. The summed E-state index contributed by atoms with van der Waals surface area (Å²) in [6.45, 7) is 14.4. The zero-order valence-corrected chi connectivity index (χ0v) is 15.5. The van der Waals surface area contributed by atoms with Crippen LogP contribution in [-0.4, -0.2) is 16.5 Å². The molecule has 0 saturated heterocycles. The Morgan fingerprint density at radius 1 is 0.864 bits per heavy atom. The molecule has 0 radical (unpaired) electrons. The van der Waals surface area contributed by atoms with Crippen molar-refractivity contribution in [3.05, 3.63) is 35.9 Å². The van der Waals surface area contributed by atoms with E-state index in [1.54, 1.807) is 0 Å². The summed E-state index contributed by atoms with van der Waals surface area (Å²) >= 11 is 0. The van der Waals surface area contributed by atoms with Gasteiger partial charge in [0.15, 0.2) is 0 Å². The van der Waals surface area contributed by atoms with Gasteiger partial charge in [-0.1, -0.05) is 70.4 Å². The van der Waals surface area contributed by atoms with E-state index in [0.29, 0.717) is 6.04 Å². The van der Waals surface area contributed by atoms with Gasteiger partial charge in [-0.3, -0.25) is 4.90 Å². The Bertz CT molecular complexity index is 443. The molecule has 1 aromatic carbocycles. The SMILES string of the molecule is CC(C)(C)C(c1ccccc1)N(C1CCCCC1)C(C)(C)C. The standard InChI is InChI=1S/C21H35N/c1-20(2,3)19(17-13-9-7-10-14-17)22(21(4,5)6)18-15-11-8-12-16-18/h7,9-10,13-14,18-19H,8,11-12,15-16H2,1-6H3. The van der Waals surface area contributed by atoms with Crippen molar-refractivity contribution in [2.45, 2.75) is 91.3 Å². The third-order valence-electron chi connectivity index (χ3n) is 4.96. The number of hydrogen-bond donors (Lipinski definition) is 0. The Balaban J connectivity index is 2.44. The Hall–Kier alpha value is -0.820. The Kier molecular flexibility index (Phi) is 5.37. The van der Waals surface area contributed by atoms with Gasteiger partial charge in [0, 0.05) is 17.6 Å². The lowest BCUT2D eigenvalue weighted by Gasteiger charge is -2.52. The zero-order valence-electron chi connectivity index (χ0n) is 15.5. The summed E-state index contributed by atoms with van der Waals surface area (Å²) < 4.78 is 0. The van der Waals surface area contributed by atoms with Crippen LogP contribution in [0.3, 0.4) is 0 Å². The van der Waals surface area contributed by atoms with Gasteiger partial charge in [-0.15, -0.1) is 0 Å². The van der Waals surface area contributed by atoms with Crippen molar-refractivity contribution in [1.29, 1.82) is 0 Å². The predicted octanol–water partition coefficient (Wildman–Crippen LogP) is 6.21. The Morgan fingerprint density at radius 2 is 1.41 bits per heavy atom. The molecular formula is C21H35N. The Labute approximate surface area is 138 Å². The average Bonchev–Trinajstić information content (AvgIpc) is 2.44. The maximum atomic E-state index is 2.83. The second-order valence-electron chi connectivity index (χ2n) is 9.05. The summed E-state index contributed by atoms with van der Waals surface area (Å²) in [6.07, 6.45) is 6.92. The summed E-state index contributed by atoms with van der Waals surface area (Å²) in [4.78, 5) is 2.83. The van der Waals surface area contributed by atoms with E-state index in [1.165, 1.54) is 37.7 Å². The quantitative estimate of drug-likeness (QED) is 0.641. The molecule has 0 bridgehead atoms. The highest BCUT2D eigenvalue weighted by atomic mass is 15.2. The van der Waals surface area contributed by atoms with Gasteiger partial charge in [0.2, 0.25) is 0 Å². The van der Waals surface area contributed by atoms with Crippen molar-refractivity contribution in [1.82, 2.24) is 4.90 Å². The maximum Gasteiger partial charge on any atom is 0.0404 e. The van der Waals surface area contributed by atoms with Crippen LogP contribution in [0.1, 0.15) is 85.3 Å². The molecule has 1 aliphatic rings. The molecule has 1 saturated carbocycles. The molecule has 1 nitrogen and oxygen atoms in total. The number of benzene rings is 1. The molecule has 1 heteroatoms. The molecule has 1 atom stereocenters. The molecule has 124 valence electrons. The first-order chi connectivity index (χ1) is 10.2. The van der Waals surface area contributed by atoms with E-state index >= 15 is 0 Å². The average molecular weight is 302 g/mol. The minimum Gasteiger partial charge on any atom is -0.288 e. The van der Waals surface area contributed by atoms with Crippen molar-refractivity contribution in [2.75, 3.05) is 0 Å². The molecule has 1 unspecified atom stereocenters. The smallest absolute Gasteiger partial charge is 0.0404 e. The summed E-state index contributed by atoms with van der Waals surface area (Å²) in [7, 11) is 0. The van der Waals surface area contributed by atoms with Crippen LogP contribution in [0, 0.1) is 5.41 Å². The van der Waals surface area contributed by atoms with Crippen molar-refractivity contribution in [2.24, 2.45) is 5.41 Å². The molecule has 0 aliphatic heterocycles. The van der Waals surface area contributed by atoms with E-state index < -0.39 is 0 Å². The first kappa shape index (κ1) is 17.5. The van der Waals surface area contributed by atoms with E-state index in [-0.39, 0.29) is 11.0 Å². The molecule has 0 aromatic heterocycles. The van der Waals surface area contributed by atoms with Gasteiger partial charge in [0.05, 0.1) is 0 Å². The molecule has 1 aliphatic carbocycles. The fourth-order valence-corrected chi connectivity index (χ4v) is 4.22. The first-order valence-corrected chi connectivity index (χ1v) is 9.04. The van der Waals surface area contributed by atoms with E-state index in [2.05, 4.69) is 76.8 Å². The zero-order chi connectivity index (χ0) is 16.4. The lowest BCUT2D eigenvalue weighted by molar-refractivity contribution is -0.0294. The topological polar surface area (TPSA) is 3.24 Å². The fourth-order valence-electron chi connectivity index (χ4n) is 4.22. The second-order valence-corrected chi connectivity index (χ2v) is 9.05. The van der Waals surface area contributed by atoms with Gasteiger partial charge in [0.1, 0.15) is 0 Å². The van der Waals surface area contributed by atoms with Crippen LogP contribution < -0.4 is 0 Å². The monoisotopic (exact) mass is 301 g/mol. The molecular weight excluding hydrogens is 266 g/mol. The van der Waals surface area contributed by atoms with Crippen LogP contribution >= 0.6 is 0 Å². The highest BCUT2D eigenvalue weighted by molar-refractivity contribution is 5.22. The number of rotatable bonds is 3. The number of nitrogens with zero attached hydrogens (tertiary/aromatic N) is 1. The lowest BCUT2D eigenvalue weighted by atomic mass is 9.77. The second kappa shape index (κ2) is 6.74. The Morgan fingerprint density at radius 3 is 1.86 bits per heavy atom. The van der Waals surface area contributed by atoms with Gasteiger partial charge in [-0.25, -0.2) is 0 Å². The normalized spacial score (nSPS) is 19.4. The summed E-state index contributed by atoms with van der Waals surface area (Å²) in [5.74, 6) is 0. The largest absolute Gasteiger partial charge is 0.288 e. The summed E-state index contributed by atoms with van der Waals surface area (Å²) in [5, 5.41) is 0. The van der Waals surface area contributed by atoms with Crippen molar-refractivity contribution >= 4 is 0 Å². The highest BCUT2D eigenvalue weighted by Gasteiger charge is 2.41. The van der Waals surface area contributed by atoms with Crippen LogP contribution in [0.25, 0.3) is 0 Å². The highest BCUT2D eigenvalue weighted by Crippen LogP contribution is 2.44. The van der Waals surface area contributed by atoms with Crippen LogP contribution in [0.5, 0.6) is 0 Å². The van der Waals surface area contributed by atoms with E-state index in [9.17, 15) is 0 Å². The van der Waals surface area contributed by atoms with E-state index in [1.807, 2.05) is 0 Å². The number of hydrogen-bond acceptors (Lipinski definition) is 1.